The first-order valence-electron chi connectivity index (χ1n) is 5.62. The molecule has 2 rings (SSSR count). The van der Waals surface area contributed by atoms with Gasteiger partial charge in [0.2, 0.25) is 0 Å². The van der Waals surface area contributed by atoms with Crippen molar-refractivity contribution >= 4 is 11.7 Å². The summed E-state index contributed by atoms with van der Waals surface area (Å²) >= 11 is 0. The van der Waals surface area contributed by atoms with Crippen molar-refractivity contribution in [2.45, 2.75) is 26.4 Å². The highest BCUT2D eigenvalue weighted by Crippen LogP contribution is 2.21. The average Bonchev–Trinajstić information content (AvgIpc) is 2.86. The van der Waals surface area contributed by atoms with Crippen LogP contribution in [0.5, 0.6) is 0 Å². The van der Waals surface area contributed by atoms with Crippen molar-refractivity contribution in [2.24, 2.45) is 0 Å². The number of hydrogen-bond donors (Lipinski definition) is 1. The molecule has 1 aromatic heterocycles. The fourth-order valence-electron chi connectivity index (χ4n) is 1.66. The van der Waals surface area contributed by atoms with E-state index in [2.05, 4.69) is 10.2 Å². The van der Waals surface area contributed by atoms with E-state index in [4.69, 9.17) is 4.74 Å². The molecule has 0 unspecified atom stereocenters. The van der Waals surface area contributed by atoms with Crippen molar-refractivity contribution in [3.63, 3.8) is 0 Å². The Hall–Kier alpha value is -1.78. The van der Waals surface area contributed by atoms with E-state index in [-0.39, 0.29) is 6.09 Å². The fraction of sp³-hybridized carbons (Fsp3) is 0.500. The van der Waals surface area contributed by atoms with Gasteiger partial charge in [-0.05, 0) is 26.3 Å². The van der Waals surface area contributed by atoms with Crippen LogP contribution in [0.2, 0.25) is 0 Å². The molecular formula is C12H17N3O2. The largest absolute Gasteiger partial charge is 0.444 e. The lowest BCUT2D eigenvalue weighted by molar-refractivity contribution is 0.0306. The monoisotopic (exact) mass is 235 g/mol. The Labute approximate surface area is 100 Å². The average molecular weight is 235 g/mol. The normalized spacial score (nSPS) is 15.9. The van der Waals surface area contributed by atoms with Crippen LogP contribution in [0.25, 0.3) is 5.57 Å². The quantitative estimate of drug-likeness (QED) is 0.810. The van der Waals surface area contributed by atoms with Gasteiger partial charge in [-0.2, -0.15) is 5.10 Å². The van der Waals surface area contributed by atoms with Crippen LogP contribution in [0.4, 0.5) is 4.79 Å². The molecule has 0 aliphatic carbocycles. The third kappa shape index (κ3) is 2.87. The van der Waals surface area contributed by atoms with Gasteiger partial charge in [0.25, 0.3) is 0 Å². The predicted octanol–water partition coefficient (Wildman–Crippen LogP) is 2.04. The highest BCUT2D eigenvalue weighted by Gasteiger charge is 2.25. The summed E-state index contributed by atoms with van der Waals surface area (Å²) in [6.07, 6.45) is 5.33. The molecule has 1 amide bonds. The van der Waals surface area contributed by atoms with Crippen molar-refractivity contribution in [1.82, 2.24) is 15.1 Å². The summed E-state index contributed by atoms with van der Waals surface area (Å²) in [6, 6.07) is 0. The van der Waals surface area contributed by atoms with Gasteiger partial charge in [-0.3, -0.25) is 5.10 Å². The predicted molar refractivity (Wildman–Crippen MR) is 64.4 cm³/mol. The van der Waals surface area contributed by atoms with Gasteiger partial charge < -0.3 is 9.64 Å². The summed E-state index contributed by atoms with van der Waals surface area (Å²) in [7, 11) is 0. The Morgan fingerprint density at radius 3 is 2.88 bits per heavy atom. The number of carbonyl (C=O) groups excluding carboxylic acids is 1. The van der Waals surface area contributed by atoms with Gasteiger partial charge in [0.1, 0.15) is 5.60 Å². The number of aromatic amines is 1. The molecule has 0 spiro atoms. The van der Waals surface area contributed by atoms with Gasteiger partial charge in [0.15, 0.2) is 0 Å². The maximum atomic E-state index is 11.8. The first kappa shape index (κ1) is 11.7. The molecule has 1 N–H and O–H groups in total. The van der Waals surface area contributed by atoms with Crippen LogP contribution in [0.3, 0.4) is 0 Å². The lowest BCUT2D eigenvalue weighted by Crippen LogP contribution is -2.35. The molecule has 0 radical (unpaired) electrons. The van der Waals surface area contributed by atoms with E-state index in [0.29, 0.717) is 13.1 Å². The number of ether oxygens (including phenoxy) is 1. The van der Waals surface area contributed by atoms with E-state index in [0.717, 1.165) is 11.1 Å². The first-order chi connectivity index (χ1) is 7.96. The molecule has 2 heterocycles. The molecule has 1 aliphatic heterocycles. The number of hydrogen-bond acceptors (Lipinski definition) is 3. The molecular weight excluding hydrogens is 218 g/mol. The molecule has 0 bridgehead atoms. The molecule has 0 saturated heterocycles. The second-order valence-electron chi connectivity index (χ2n) is 5.08. The van der Waals surface area contributed by atoms with E-state index in [1.807, 2.05) is 33.0 Å². The lowest BCUT2D eigenvalue weighted by Gasteiger charge is -2.24. The maximum absolute atomic E-state index is 11.8. The van der Waals surface area contributed by atoms with Gasteiger partial charge in [-0.1, -0.05) is 6.08 Å². The van der Waals surface area contributed by atoms with Gasteiger partial charge in [-0.15, -0.1) is 0 Å². The molecule has 1 aromatic rings. The first-order valence-corrected chi connectivity index (χ1v) is 5.62. The molecule has 0 aromatic carbocycles. The number of amides is 1. The molecule has 5 nitrogen and oxygen atoms in total. The second-order valence-corrected chi connectivity index (χ2v) is 5.08. The highest BCUT2D eigenvalue weighted by atomic mass is 16.6. The van der Waals surface area contributed by atoms with Gasteiger partial charge in [0, 0.05) is 24.8 Å². The summed E-state index contributed by atoms with van der Waals surface area (Å²) in [5.74, 6) is 0. The van der Waals surface area contributed by atoms with Crippen molar-refractivity contribution in [2.75, 3.05) is 13.1 Å². The number of carbonyl (C=O) groups is 1. The topological polar surface area (TPSA) is 58.2 Å². The maximum Gasteiger partial charge on any atom is 0.410 e. The number of H-pyrrole nitrogens is 1. The van der Waals surface area contributed by atoms with E-state index in [1.54, 1.807) is 11.1 Å². The van der Waals surface area contributed by atoms with Crippen molar-refractivity contribution in [1.29, 1.82) is 0 Å². The Balaban J connectivity index is 1.95. The van der Waals surface area contributed by atoms with Crippen LogP contribution in [0.1, 0.15) is 26.3 Å². The smallest absolute Gasteiger partial charge is 0.410 e. The van der Waals surface area contributed by atoms with Crippen LogP contribution >= 0.6 is 0 Å². The molecule has 0 fully saturated rings. The molecule has 5 heteroatoms. The van der Waals surface area contributed by atoms with Gasteiger partial charge in [0.05, 0.1) is 6.20 Å². The van der Waals surface area contributed by atoms with Gasteiger partial charge in [-0.25, -0.2) is 4.79 Å². The molecule has 0 atom stereocenters. The van der Waals surface area contributed by atoms with E-state index in [9.17, 15) is 4.79 Å². The zero-order chi connectivity index (χ0) is 12.5. The zero-order valence-corrected chi connectivity index (χ0v) is 10.4. The molecule has 17 heavy (non-hydrogen) atoms. The summed E-state index contributed by atoms with van der Waals surface area (Å²) in [5.41, 5.74) is 1.68. The van der Waals surface area contributed by atoms with Crippen LogP contribution in [0.15, 0.2) is 18.5 Å². The number of nitrogens with one attached hydrogen (secondary N) is 1. The molecule has 1 aliphatic rings. The third-order valence-electron chi connectivity index (χ3n) is 2.44. The van der Waals surface area contributed by atoms with Crippen LogP contribution in [0, 0.1) is 0 Å². The Bertz CT molecular complexity index is 429. The van der Waals surface area contributed by atoms with Gasteiger partial charge >= 0.3 is 6.09 Å². The van der Waals surface area contributed by atoms with Crippen molar-refractivity contribution in [3.8, 4) is 0 Å². The van der Waals surface area contributed by atoms with E-state index in [1.165, 1.54) is 0 Å². The van der Waals surface area contributed by atoms with Crippen LogP contribution in [-0.4, -0.2) is 39.9 Å². The molecule has 0 saturated carbocycles. The summed E-state index contributed by atoms with van der Waals surface area (Å²) in [6.45, 7) is 6.77. The zero-order valence-electron chi connectivity index (χ0n) is 10.4. The van der Waals surface area contributed by atoms with Crippen molar-refractivity contribution < 1.29 is 9.53 Å². The SMILES string of the molecule is CC(C)(C)OC(=O)N1CC=C(c2cn[nH]c2)C1. The Kier molecular flexibility index (Phi) is 2.92. The number of nitrogens with zero attached hydrogens (tertiary/aromatic N) is 2. The number of rotatable bonds is 1. The third-order valence-corrected chi connectivity index (χ3v) is 2.44. The van der Waals surface area contributed by atoms with Crippen LogP contribution < -0.4 is 0 Å². The minimum atomic E-state index is -0.449. The highest BCUT2D eigenvalue weighted by molar-refractivity contribution is 5.77. The second kappa shape index (κ2) is 4.24. The fourth-order valence-corrected chi connectivity index (χ4v) is 1.66. The minimum absolute atomic E-state index is 0.271. The molecule has 92 valence electrons. The van der Waals surface area contributed by atoms with E-state index < -0.39 is 5.60 Å². The number of aromatic nitrogens is 2. The minimum Gasteiger partial charge on any atom is -0.444 e. The van der Waals surface area contributed by atoms with E-state index >= 15 is 0 Å². The summed E-state index contributed by atoms with van der Waals surface area (Å²) in [4.78, 5) is 13.5. The van der Waals surface area contributed by atoms with Crippen LogP contribution in [-0.2, 0) is 4.74 Å². The summed E-state index contributed by atoms with van der Waals surface area (Å²) in [5, 5.41) is 6.66. The Morgan fingerprint density at radius 2 is 2.29 bits per heavy atom. The lowest BCUT2D eigenvalue weighted by atomic mass is 10.1. The van der Waals surface area contributed by atoms with Crippen molar-refractivity contribution in [3.05, 3.63) is 24.0 Å². The summed E-state index contributed by atoms with van der Waals surface area (Å²) < 4.78 is 5.32. The standard InChI is InChI=1S/C12H17N3O2/c1-12(2,3)17-11(16)15-5-4-9(8-15)10-6-13-14-7-10/h4,6-7H,5,8H2,1-3H3,(H,13,14). The Morgan fingerprint density at radius 1 is 1.53 bits per heavy atom.